The van der Waals surface area contributed by atoms with E-state index in [-0.39, 0.29) is 11.7 Å². The van der Waals surface area contributed by atoms with E-state index in [9.17, 15) is 9.59 Å². The quantitative estimate of drug-likeness (QED) is 0.552. The van der Waals surface area contributed by atoms with Crippen LogP contribution in [0.1, 0.15) is 42.1 Å². The standard InChI is InChI=1S/C25H26N2O2/c1-18(28)19-9-11-22(12-10-19)26-25(29)15-16-27(23-13-14-23)17-21-7-4-6-20-5-2-3-8-24(20)21/h2-12,23H,13-17H2,1H3,(H,26,29). The van der Waals surface area contributed by atoms with Gasteiger partial charge in [-0.2, -0.15) is 0 Å². The highest BCUT2D eigenvalue weighted by atomic mass is 16.1. The van der Waals surface area contributed by atoms with E-state index < -0.39 is 0 Å². The van der Waals surface area contributed by atoms with Crippen LogP contribution >= 0.6 is 0 Å². The highest BCUT2D eigenvalue weighted by Gasteiger charge is 2.29. The highest BCUT2D eigenvalue weighted by Crippen LogP contribution is 2.30. The van der Waals surface area contributed by atoms with Crippen LogP contribution in [-0.2, 0) is 11.3 Å². The second kappa shape index (κ2) is 8.58. The molecule has 0 radical (unpaired) electrons. The summed E-state index contributed by atoms with van der Waals surface area (Å²) < 4.78 is 0. The molecular weight excluding hydrogens is 360 g/mol. The van der Waals surface area contributed by atoms with Gasteiger partial charge in [-0.25, -0.2) is 0 Å². The van der Waals surface area contributed by atoms with Gasteiger partial charge < -0.3 is 5.32 Å². The Morgan fingerprint density at radius 2 is 1.69 bits per heavy atom. The maximum atomic E-state index is 12.4. The molecule has 0 aliphatic heterocycles. The minimum atomic E-state index is 0.00384. The number of carbonyl (C=O) groups excluding carboxylic acids is 2. The Hall–Kier alpha value is -2.98. The lowest BCUT2D eigenvalue weighted by molar-refractivity contribution is -0.116. The lowest BCUT2D eigenvalue weighted by Crippen LogP contribution is -2.29. The van der Waals surface area contributed by atoms with Crippen molar-refractivity contribution in [2.75, 3.05) is 11.9 Å². The predicted octanol–water partition coefficient (Wildman–Crippen LogP) is 5.04. The van der Waals surface area contributed by atoms with Crippen LogP contribution in [0, 0.1) is 0 Å². The summed E-state index contributed by atoms with van der Waals surface area (Å²) in [6.45, 7) is 3.15. The molecule has 29 heavy (non-hydrogen) atoms. The second-order valence-corrected chi connectivity index (χ2v) is 7.77. The molecule has 0 spiro atoms. The first kappa shape index (κ1) is 19.3. The first-order chi connectivity index (χ1) is 14.1. The number of rotatable bonds is 8. The first-order valence-electron chi connectivity index (χ1n) is 10.2. The number of amides is 1. The molecule has 0 atom stereocenters. The van der Waals surface area contributed by atoms with Crippen molar-refractivity contribution in [2.45, 2.75) is 38.8 Å². The number of Topliss-reactive ketones (excluding diaryl/α,β-unsaturated/α-hetero) is 1. The molecule has 1 aliphatic rings. The van der Waals surface area contributed by atoms with Crippen LogP contribution in [-0.4, -0.2) is 29.2 Å². The van der Waals surface area contributed by atoms with Gasteiger partial charge in [0.1, 0.15) is 0 Å². The highest BCUT2D eigenvalue weighted by molar-refractivity contribution is 5.95. The van der Waals surface area contributed by atoms with Crippen molar-refractivity contribution in [2.24, 2.45) is 0 Å². The van der Waals surface area contributed by atoms with Crippen molar-refractivity contribution in [1.82, 2.24) is 4.90 Å². The van der Waals surface area contributed by atoms with E-state index in [0.717, 1.165) is 18.8 Å². The summed E-state index contributed by atoms with van der Waals surface area (Å²) in [4.78, 5) is 26.2. The summed E-state index contributed by atoms with van der Waals surface area (Å²) in [6, 6.07) is 22.5. The molecular formula is C25H26N2O2. The van der Waals surface area contributed by atoms with Gasteiger partial charge >= 0.3 is 0 Å². The van der Waals surface area contributed by atoms with E-state index in [2.05, 4.69) is 52.7 Å². The Morgan fingerprint density at radius 3 is 2.41 bits per heavy atom. The number of nitrogens with zero attached hydrogens (tertiary/aromatic N) is 1. The SMILES string of the molecule is CC(=O)c1ccc(NC(=O)CCN(Cc2cccc3ccccc23)C2CC2)cc1. The third-order valence-corrected chi connectivity index (χ3v) is 5.52. The molecule has 0 saturated heterocycles. The average Bonchev–Trinajstić information content (AvgIpc) is 3.57. The van der Waals surface area contributed by atoms with E-state index in [1.807, 2.05) is 0 Å². The molecule has 1 fully saturated rings. The fraction of sp³-hybridized carbons (Fsp3) is 0.280. The number of fused-ring (bicyclic) bond motifs is 1. The van der Waals surface area contributed by atoms with Crippen LogP contribution in [0.5, 0.6) is 0 Å². The minimum absolute atomic E-state index is 0.00384. The number of nitrogens with one attached hydrogen (secondary N) is 1. The molecule has 1 saturated carbocycles. The largest absolute Gasteiger partial charge is 0.326 e. The van der Waals surface area contributed by atoms with Gasteiger partial charge in [0.15, 0.2) is 5.78 Å². The summed E-state index contributed by atoms with van der Waals surface area (Å²) in [7, 11) is 0. The smallest absolute Gasteiger partial charge is 0.225 e. The summed E-state index contributed by atoms with van der Waals surface area (Å²) >= 11 is 0. The topological polar surface area (TPSA) is 49.4 Å². The van der Waals surface area contributed by atoms with Crippen molar-refractivity contribution < 1.29 is 9.59 Å². The molecule has 0 heterocycles. The van der Waals surface area contributed by atoms with E-state index in [4.69, 9.17) is 0 Å². The maximum Gasteiger partial charge on any atom is 0.225 e. The molecule has 3 aromatic carbocycles. The molecule has 3 aromatic rings. The van der Waals surface area contributed by atoms with Gasteiger partial charge in [0.05, 0.1) is 0 Å². The zero-order valence-electron chi connectivity index (χ0n) is 16.7. The number of carbonyl (C=O) groups is 2. The van der Waals surface area contributed by atoms with Crippen LogP contribution in [0.4, 0.5) is 5.69 Å². The molecule has 148 valence electrons. The van der Waals surface area contributed by atoms with Gasteiger partial charge in [0, 0.05) is 36.8 Å². The van der Waals surface area contributed by atoms with Crippen molar-refractivity contribution >= 4 is 28.2 Å². The van der Waals surface area contributed by atoms with Gasteiger partial charge in [-0.05, 0) is 60.4 Å². The molecule has 4 nitrogen and oxygen atoms in total. The monoisotopic (exact) mass is 386 g/mol. The maximum absolute atomic E-state index is 12.4. The van der Waals surface area contributed by atoms with Gasteiger partial charge in [0.25, 0.3) is 0 Å². The number of hydrogen-bond acceptors (Lipinski definition) is 3. The van der Waals surface area contributed by atoms with Crippen molar-refractivity contribution in [3.8, 4) is 0 Å². The van der Waals surface area contributed by atoms with E-state index in [1.54, 1.807) is 24.3 Å². The Kier molecular flexibility index (Phi) is 5.72. The molecule has 0 bridgehead atoms. The third kappa shape index (κ3) is 4.90. The fourth-order valence-corrected chi connectivity index (χ4v) is 3.74. The molecule has 4 rings (SSSR count). The zero-order valence-corrected chi connectivity index (χ0v) is 16.7. The van der Waals surface area contributed by atoms with Gasteiger partial charge in [0.2, 0.25) is 5.91 Å². The van der Waals surface area contributed by atoms with Crippen LogP contribution in [0.25, 0.3) is 10.8 Å². The summed E-state index contributed by atoms with van der Waals surface area (Å²) in [5, 5.41) is 5.48. The first-order valence-corrected chi connectivity index (χ1v) is 10.2. The Bertz CT molecular complexity index is 1020. The van der Waals surface area contributed by atoms with Crippen LogP contribution < -0.4 is 5.32 Å². The Morgan fingerprint density at radius 1 is 0.966 bits per heavy atom. The van der Waals surface area contributed by atoms with Crippen LogP contribution in [0.15, 0.2) is 66.7 Å². The van der Waals surface area contributed by atoms with Crippen molar-refractivity contribution in [3.05, 3.63) is 77.9 Å². The van der Waals surface area contributed by atoms with Crippen molar-refractivity contribution in [1.29, 1.82) is 0 Å². The summed E-state index contributed by atoms with van der Waals surface area (Å²) in [5.41, 5.74) is 2.69. The Labute approximate surface area is 171 Å². The fourth-order valence-electron chi connectivity index (χ4n) is 3.74. The van der Waals surface area contributed by atoms with Crippen LogP contribution in [0.2, 0.25) is 0 Å². The Balaban J connectivity index is 1.37. The average molecular weight is 386 g/mol. The molecule has 0 aromatic heterocycles. The third-order valence-electron chi connectivity index (χ3n) is 5.52. The molecule has 1 N–H and O–H groups in total. The van der Waals surface area contributed by atoms with Gasteiger partial charge in [-0.3, -0.25) is 14.5 Å². The van der Waals surface area contributed by atoms with Crippen molar-refractivity contribution in [3.63, 3.8) is 0 Å². The molecule has 4 heteroatoms. The lowest BCUT2D eigenvalue weighted by atomic mass is 10.0. The van der Waals surface area contributed by atoms with E-state index >= 15 is 0 Å². The molecule has 1 amide bonds. The number of anilines is 1. The van der Waals surface area contributed by atoms with Crippen LogP contribution in [0.3, 0.4) is 0 Å². The number of benzene rings is 3. The summed E-state index contributed by atoms with van der Waals surface area (Å²) in [6.07, 6.45) is 2.87. The summed E-state index contributed by atoms with van der Waals surface area (Å²) in [5.74, 6) is 0.0283. The number of hydrogen-bond donors (Lipinski definition) is 1. The van der Waals surface area contributed by atoms with Gasteiger partial charge in [-0.1, -0.05) is 42.5 Å². The molecule has 1 aliphatic carbocycles. The zero-order chi connectivity index (χ0) is 20.2. The molecule has 0 unspecified atom stereocenters. The van der Waals surface area contributed by atoms with E-state index in [1.165, 1.54) is 36.1 Å². The second-order valence-electron chi connectivity index (χ2n) is 7.77. The van der Waals surface area contributed by atoms with Gasteiger partial charge in [-0.15, -0.1) is 0 Å². The predicted molar refractivity (Wildman–Crippen MR) is 117 cm³/mol. The lowest BCUT2D eigenvalue weighted by Gasteiger charge is -2.22. The van der Waals surface area contributed by atoms with E-state index in [0.29, 0.717) is 18.0 Å². The normalized spacial score (nSPS) is 13.6. The minimum Gasteiger partial charge on any atom is -0.326 e. The number of ketones is 1.